The van der Waals surface area contributed by atoms with Gasteiger partial charge in [0.25, 0.3) is 0 Å². The number of aliphatic hydroxyl groups is 1. The van der Waals surface area contributed by atoms with Gasteiger partial charge in [-0.25, -0.2) is 4.79 Å². The summed E-state index contributed by atoms with van der Waals surface area (Å²) in [5, 5.41) is 21.7. The van der Waals surface area contributed by atoms with E-state index in [9.17, 15) is 19.8 Å². The fourth-order valence-corrected chi connectivity index (χ4v) is 7.79. The van der Waals surface area contributed by atoms with Crippen molar-refractivity contribution in [2.45, 2.75) is 77.0 Å². The smallest absolute Gasteiger partial charge is 0.339 e. The molecule has 5 rings (SSSR count). The molecular weight excluding hydrogens is 372 g/mol. The van der Waals surface area contributed by atoms with Gasteiger partial charge in [-0.1, -0.05) is 25.5 Å². The predicted molar refractivity (Wildman–Crippen MR) is 104 cm³/mol. The average molecular weight is 402 g/mol. The number of ketones is 1. The fourth-order valence-electron chi connectivity index (χ4n) is 7.79. The van der Waals surface area contributed by atoms with E-state index in [1.807, 2.05) is 13.0 Å². The molecule has 0 radical (unpaired) electrons. The molecule has 6 nitrogen and oxygen atoms in total. The molecule has 1 saturated heterocycles. The summed E-state index contributed by atoms with van der Waals surface area (Å²) >= 11 is 0. The van der Waals surface area contributed by atoms with Crippen LogP contribution in [0.15, 0.2) is 23.8 Å². The van der Waals surface area contributed by atoms with E-state index in [0.29, 0.717) is 12.8 Å². The summed E-state index contributed by atoms with van der Waals surface area (Å²) in [7, 11) is 0. The molecule has 1 aliphatic heterocycles. The number of rotatable bonds is 1. The van der Waals surface area contributed by atoms with E-state index in [0.717, 1.165) is 18.4 Å². The number of carbonyl (C=O) groups excluding carboxylic acids is 1. The minimum atomic E-state index is -1.44. The summed E-state index contributed by atoms with van der Waals surface area (Å²) in [6, 6.07) is 0. The molecule has 0 amide bonds. The first-order chi connectivity index (χ1) is 13.4. The zero-order valence-electron chi connectivity index (χ0n) is 17.5. The Kier molecular flexibility index (Phi) is 3.75. The third kappa shape index (κ3) is 2.23. The number of allylic oxidation sites excluding steroid dienone is 4. The quantitative estimate of drug-likeness (QED) is 0.701. The monoisotopic (exact) mass is 402 g/mol. The Morgan fingerprint density at radius 3 is 2.66 bits per heavy atom. The van der Waals surface area contributed by atoms with Crippen molar-refractivity contribution in [3.05, 3.63) is 23.8 Å². The van der Waals surface area contributed by atoms with Crippen LogP contribution in [0.4, 0.5) is 0 Å². The Labute approximate surface area is 170 Å². The summed E-state index contributed by atoms with van der Waals surface area (Å²) in [4.78, 5) is 24.5. The standard InChI is InChI=1S/C23H30O6/c1-20(2)28-17-10-15-14-6-5-12-9-13(24)7-8-21(12,3)18(14)16(25)11-22(15,4)23(17,29-20)19(26)27/h7-9,14-18,25H,5-6,10-11H2,1-4H3,(H,26,27). The molecule has 8 unspecified atom stereocenters. The third-order valence-electron chi connectivity index (χ3n) is 8.81. The Morgan fingerprint density at radius 2 is 1.97 bits per heavy atom. The average Bonchev–Trinajstić information content (AvgIpc) is 3.02. The second kappa shape index (κ2) is 5.59. The van der Waals surface area contributed by atoms with Crippen LogP contribution in [-0.4, -0.2) is 45.6 Å². The normalized spacial score (nSPS) is 52.2. The van der Waals surface area contributed by atoms with E-state index < -0.39 is 35.0 Å². The summed E-state index contributed by atoms with van der Waals surface area (Å²) in [6.07, 6.45) is 6.73. The minimum absolute atomic E-state index is 0.00956. The lowest BCUT2D eigenvalue weighted by Crippen LogP contribution is -2.63. The van der Waals surface area contributed by atoms with E-state index in [-0.39, 0.29) is 29.0 Å². The van der Waals surface area contributed by atoms with Gasteiger partial charge in [0.15, 0.2) is 17.2 Å². The van der Waals surface area contributed by atoms with Crippen molar-refractivity contribution < 1.29 is 29.3 Å². The first-order valence-electron chi connectivity index (χ1n) is 10.7. The lowest BCUT2D eigenvalue weighted by atomic mass is 9.46. The molecule has 29 heavy (non-hydrogen) atoms. The first-order valence-corrected chi connectivity index (χ1v) is 10.7. The molecule has 158 valence electrons. The summed E-state index contributed by atoms with van der Waals surface area (Å²) in [6.45, 7) is 7.62. The van der Waals surface area contributed by atoms with E-state index >= 15 is 0 Å². The van der Waals surface area contributed by atoms with Crippen LogP contribution >= 0.6 is 0 Å². The van der Waals surface area contributed by atoms with Crippen LogP contribution in [0.1, 0.15) is 53.4 Å². The molecule has 4 fully saturated rings. The van der Waals surface area contributed by atoms with Crippen LogP contribution in [0, 0.1) is 28.6 Å². The molecule has 0 spiro atoms. The van der Waals surface area contributed by atoms with Gasteiger partial charge in [-0.3, -0.25) is 4.79 Å². The number of carboxylic acids is 1. The largest absolute Gasteiger partial charge is 0.479 e. The Balaban J connectivity index is 1.59. The predicted octanol–water partition coefficient (Wildman–Crippen LogP) is 2.85. The molecule has 0 bridgehead atoms. The highest BCUT2D eigenvalue weighted by molar-refractivity contribution is 6.01. The maximum absolute atomic E-state index is 12.6. The highest BCUT2D eigenvalue weighted by Crippen LogP contribution is 2.70. The minimum Gasteiger partial charge on any atom is -0.479 e. The van der Waals surface area contributed by atoms with E-state index in [4.69, 9.17) is 9.47 Å². The number of aliphatic carboxylic acids is 1. The topological polar surface area (TPSA) is 93.1 Å². The second-order valence-corrected chi connectivity index (χ2v) is 10.6. The van der Waals surface area contributed by atoms with Gasteiger partial charge in [-0.2, -0.15) is 0 Å². The molecule has 0 aromatic heterocycles. The summed E-state index contributed by atoms with van der Waals surface area (Å²) < 4.78 is 12.3. The summed E-state index contributed by atoms with van der Waals surface area (Å²) in [5.74, 6) is -1.74. The van der Waals surface area contributed by atoms with Gasteiger partial charge in [-0.15, -0.1) is 0 Å². The van der Waals surface area contributed by atoms with Crippen LogP contribution in [0.2, 0.25) is 0 Å². The third-order valence-corrected chi connectivity index (χ3v) is 8.81. The summed E-state index contributed by atoms with van der Waals surface area (Å²) in [5.41, 5.74) is -1.44. The van der Waals surface area contributed by atoms with Crippen LogP contribution < -0.4 is 0 Å². The molecule has 2 N–H and O–H groups in total. The zero-order valence-corrected chi connectivity index (χ0v) is 17.5. The second-order valence-electron chi connectivity index (χ2n) is 10.6. The number of carbonyl (C=O) groups is 2. The van der Waals surface area contributed by atoms with Crippen molar-refractivity contribution >= 4 is 11.8 Å². The van der Waals surface area contributed by atoms with Crippen LogP contribution in [-0.2, 0) is 19.1 Å². The zero-order chi connectivity index (χ0) is 21.0. The molecule has 8 atom stereocenters. The molecule has 3 saturated carbocycles. The highest BCUT2D eigenvalue weighted by atomic mass is 16.8. The highest BCUT2D eigenvalue weighted by Gasteiger charge is 2.77. The van der Waals surface area contributed by atoms with Gasteiger partial charge in [0, 0.05) is 16.7 Å². The van der Waals surface area contributed by atoms with Crippen molar-refractivity contribution in [3.63, 3.8) is 0 Å². The van der Waals surface area contributed by atoms with Gasteiger partial charge in [0.2, 0.25) is 0 Å². The fraction of sp³-hybridized carbons (Fsp3) is 0.739. The molecular formula is C23H30O6. The number of fused-ring (bicyclic) bond motifs is 7. The van der Waals surface area contributed by atoms with Crippen molar-refractivity contribution in [2.75, 3.05) is 0 Å². The van der Waals surface area contributed by atoms with E-state index in [1.165, 1.54) is 0 Å². The lowest BCUT2D eigenvalue weighted by Gasteiger charge is -2.59. The van der Waals surface area contributed by atoms with E-state index in [1.54, 1.807) is 26.0 Å². The first kappa shape index (κ1) is 19.5. The number of hydrogen-bond donors (Lipinski definition) is 2. The number of ether oxygens (including phenoxy) is 2. The number of aliphatic hydroxyl groups excluding tert-OH is 1. The van der Waals surface area contributed by atoms with Gasteiger partial charge in [0.05, 0.1) is 6.10 Å². The van der Waals surface area contributed by atoms with Crippen molar-refractivity contribution in [1.82, 2.24) is 0 Å². The molecule has 6 heteroatoms. The van der Waals surface area contributed by atoms with Crippen LogP contribution in [0.5, 0.6) is 0 Å². The van der Waals surface area contributed by atoms with Crippen LogP contribution in [0.3, 0.4) is 0 Å². The Hall–Kier alpha value is -1.50. The number of hydrogen-bond acceptors (Lipinski definition) is 5. The van der Waals surface area contributed by atoms with Crippen molar-refractivity contribution in [2.24, 2.45) is 28.6 Å². The van der Waals surface area contributed by atoms with Gasteiger partial charge < -0.3 is 19.7 Å². The Morgan fingerprint density at radius 1 is 1.24 bits per heavy atom. The van der Waals surface area contributed by atoms with Gasteiger partial charge in [-0.05, 0) is 63.5 Å². The maximum Gasteiger partial charge on any atom is 0.339 e. The lowest BCUT2D eigenvalue weighted by molar-refractivity contribution is -0.232. The van der Waals surface area contributed by atoms with Gasteiger partial charge >= 0.3 is 5.97 Å². The molecule has 1 heterocycles. The Bertz CT molecular complexity index is 857. The maximum atomic E-state index is 12.6. The SMILES string of the molecule is CC1(C)OC2CC3C4CCC5=CC(=O)C=CC5(C)C4C(O)CC3(C)C2(C(=O)O)O1. The van der Waals surface area contributed by atoms with Crippen LogP contribution in [0.25, 0.3) is 0 Å². The van der Waals surface area contributed by atoms with Gasteiger partial charge in [0.1, 0.15) is 6.10 Å². The molecule has 0 aromatic carbocycles. The molecule has 0 aromatic rings. The molecule has 4 aliphatic carbocycles. The van der Waals surface area contributed by atoms with Crippen molar-refractivity contribution in [3.8, 4) is 0 Å². The molecule has 5 aliphatic rings. The number of carboxylic acid groups (broad SMARTS) is 1. The van der Waals surface area contributed by atoms with E-state index in [2.05, 4.69) is 6.92 Å². The van der Waals surface area contributed by atoms with Crippen molar-refractivity contribution in [1.29, 1.82) is 0 Å².